The van der Waals surface area contributed by atoms with E-state index >= 15 is 0 Å². The summed E-state index contributed by atoms with van der Waals surface area (Å²) in [5, 5.41) is 0. The van der Waals surface area contributed by atoms with Gasteiger partial charge >= 0.3 is 6.09 Å². The smallest absolute Gasteiger partial charge is 0.409 e. The molecule has 6 heteroatoms. The second-order valence-electron chi connectivity index (χ2n) is 5.98. The van der Waals surface area contributed by atoms with Gasteiger partial charge in [0.15, 0.2) is 0 Å². The Balaban J connectivity index is 1.87. The Labute approximate surface area is 120 Å². The molecule has 20 heavy (non-hydrogen) atoms. The third-order valence-corrected chi connectivity index (χ3v) is 4.42. The van der Waals surface area contributed by atoms with Crippen molar-refractivity contribution in [3.05, 3.63) is 0 Å². The molecule has 0 aromatic heterocycles. The van der Waals surface area contributed by atoms with Gasteiger partial charge in [-0.05, 0) is 25.7 Å². The summed E-state index contributed by atoms with van der Waals surface area (Å²) < 4.78 is 4.98. The van der Waals surface area contributed by atoms with Gasteiger partial charge in [-0.25, -0.2) is 4.79 Å². The molecular weight excluding hydrogens is 258 g/mol. The number of carbonyl (C=O) groups excluding carboxylic acids is 2. The molecular formula is C14H25N3O3. The summed E-state index contributed by atoms with van der Waals surface area (Å²) in [7, 11) is 0. The normalized spacial score (nSPS) is 29.9. The molecule has 2 amide bonds. The van der Waals surface area contributed by atoms with Crippen molar-refractivity contribution in [2.45, 2.75) is 26.7 Å². The van der Waals surface area contributed by atoms with Crippen LogP contribution in [0.15, 0.2) is 0 Å². The third kappa shape index (κ3) is 2.75. The lowest BCUT2D eigenvalue weighted by atomic mass is 9.62. The molecule has 1 aliphatic heterocycles. The van der Waals surface area contributed by atoms with Gasteiger partial charge in [-0.1, -0.05) is 6.92 Å². The van der Waals surface area contributed by atoms with Crippen LogP contribution in [0.4, 0.5) is 4.79 Å². The maximum atomic E-state index is 12.6. The van der Waals surface area contributed by atoms with Crippen molar-refractivity contribution in [1.82, 2.24) is 9.80 Å². The molecule has 0 unspecified atom stereocenters. The minimum absolute atomic E-state index is 0.168. The highest BCUT2D eigenvalue weighted by atomic mass is 16.6. The summed E-state index contributed by atoms with van der Waals surface area (Å²) in [6, 6.07) is 0. The summed E-state index contributed by atoms with van der Waals surface area (Å²) >= 11 is 0. The Morgan fingerprint density at radius 3 is 2.20 bits per heavy atom. The number of ether oxygens (including phenoxy) is 1. The van der Waals surface area contributed by atoms with E-state index in [1.807, 2.05) is 4.90 Å². The van der Waals surface area contributed by atoms with E-state index in [-0.39, 0.29) is 17.4 Å². The zero-order chi connectivity index (χ0) is 14.8. The minimum atomic E-state index is -0.342. The van der Waals surface area contributed by atoms with Gasteiger partial charge in [0.05, 0.1) is 12.0 Å². The van der Waals surface area contributed by atoms with Gasteiger partial charge < -0.3 is 20.3 Å². The number of piperazine rings is 1. The van der Waals surface area contributed by atoms with E-state index in [1.165, 1.54) is 0 Å². The average Bonchev–Trinajstić information content (AvgIpc) is 2.43. The van der Waals surface area contributed by atoms with Crippen molar-refractivity contribution in [3.8, 4) is 0 Å². The lowest BCUT2D eigenvalue weighted by Crippen LogP contribution is -2.59. The van der Waals surface area contributed by atoms with Crippen molar-refractivity contribution in [3.63, 3.8) is 0 Å². The van der Waals surface area contributed by atoms with E-state index in [0.717, 1.165) is 12.8 Å². The van der Waals surface area contributed by atoms with Crippen LogP contribution in [0.2, 0.25) is 0 Å². The number of rotatable bonds is 3. The standard InChI is InChI=1S/C14H25N3O3/c1-3-20-13(19)17-6-4-16(5-7-17)12(18)14(10-15)8-11(2)9-14/h11H,3-10,15H2,1-2H3. The first-order chi connectivity index (χ1) is 9.52. The first-order valence-electron chi connectivity index (χ1n) is 7.43. The van der Waals surface area contributed by atoms with Crippen molar-refractivity contribution < 1.29 is 14.3 Å². The summed E-state index contributed by atoms with van der Waals surface area (Å²) in [4.78, 5) is 27.7. The maximum absolute atomic E-state index is 12.6. The highest BCUT2D eigenvalue weighted by Crippen LogP contribution is 2.46. The lowest BCUT2D eigenvalue weighted by molar-refractivity contribution is -0.151. The molecule has 0 atom stereocenters. The molecule has 0 radical (unpaired) electrons. The zero-order valence-corrected chi connectivity index (χ0v) is 12.4. The Hall–Kier alpha value is -1.30. The molecule has 0 aromatic rings. The van der Waals surface area contributed by atoms with Crippen LogP contribution < -0.4 is 5.73 Å². The van der Waals surface area contributed by atoms with Gasteiger partial charge in [0, 0.05) is 32.7 Å². The van der Waals surface area contributed by atoms with E-state index in [1.54, 1.807) is 11.8 Å². The molecule has 0 spiro atoms. The van der Waals surface area contributed by atoms with Gasteiger partial charge in [-0.15, -0.1) is 0 Å². The van der Waals surface area contributed by atoms with Crippen LogP contribution in [0.5, 0.6) is 0 Å². The number of nitrogens with two attached hydrogens (primary N) is 1. The lowest BCUT2D eigenvalue weighted by Gasteiger charge is -2.48. The average molecular weight is 283 g/mol. The van der Waals surface area contributed by atoms with Crippen LogP contribution in [0.25, 0.3) is 0 Å². The number of amides is 2. The molecule has 2 rings (SSSR count). The second-order valence-corrected chi connectivity index (χ2v) is 5.98. The molecule has 0 aromatic carbocycles. The summed E-state index contributed by atoms with van der Waals surface area (Å²) in [6.07, 6.45) is 1.49. The van der Waals surface area contributed by atoms with E-state index in [9.17, 15) is 9.59 Å². The predicted octanol–water partition coefficient (Wildman–Crippen LogP) is 0.662. The monoisotopic (exact) mass is 283 g/mol. The van der Waals surface area contributed by atoms with E-state index in [0.29, 0.717) is 45.2 Å². The van der Waals surface area contributed by atoms with Crippen molar-refractivity contribution in [2.75, 3.05) is 39.3 Å². The van der Waals surface area contributed by atoms with Crippen molar-refractivity contribution in [1.29, 1.82) is 0 Å². The highest BCUT2D eigenvalue weighted by Gasteiger charge is 2.49. The van der Waals surface area contributed by atoms with Crippen molar-refractivity contribution >= 4 is 12.0 Å². The Morgan fingerprint density at radius 1 is 1.20 bits per heavy atom. The van der Waals surface area contributed by atoms with E-state index < -0.39 is 0 Å². The molecule has 6 nitrogen and oxygen atoms in total. The fourth-order valence-electron chi connectivity index (χ4n) is 3.35. The molecule has 1 heterocycles. The quantitative estimate of drug-likeness (QED) is 0.825. The fourth-order valence-corrected chi connectivity index (χ4v) is 3.35. The van der Waals surface area contributed by atoms with Crippen LogP contribution in [-0.4, -0.2) is 61.1 Å². The summed E-state index contributed by atoms with van der Waals surface area (Å²) in [6.45, 7) is 6.99. The second kappa shape index (κ2) is 5.99. The molecule has 2 aliphatic rings. The maximum Gasteiger partial charge on any atom is 0.409 e. The Morgan fingerprint density at radius 2 is 1.75 bits per heavy atom. The van der Waals surface area contributed by atoms with Gasteiger partial charge in [0.25, 0.3) is 0 Å². The predicted molar refractivity (Wildman–Crippen MR) is 75.1 cm³/mol. The van der Waals surface area contributed by atoms with Gasteiger partial charge in [0.2, 0.25) is 5.91 Å². The number of carbonyl (C=O) groups is 2. The topological polar surface area (TPSA) is 75.9 Å². The van der Waals surface area contributed by atoms with Crippen LogP contribution >= 0.6 is 0 Å². The SMILES string of the molecule is CCOC(=O)N1CCN(C(=O)C2(CN)CC(C)C2)CC1. The molecule has 1 aliphatic carbocycles. The third-order valence-electron chi connectivity index (χ3n) is 4.42. The van der Waals surface area contributed by atoms with E-state index in [2.05, 4.69) is 6.92 Å². The number of hydrogen-bond donors (Lipinski definition) is 1. The van der Waals surface area contributed by atoms with Crippen LogP contribution in [-0.2, 0) is 9.53 Å². The highest BCUT2D eigenvalue weighted by molar-refractivity contribution is 5.84. The van der Waals surface area contributed by atoms with Gasteiger partial charge in [-0.2, -0.15) is 0 Å². The van der Waals surface area contributed by atoms with Crippen LogP contribution in [0.3, 0.4) is 0 Å². The first kappa shape index (κ1) is 15.1. The molecule has 114 valence electrons. The van der Waals surface area contributed by atoms with E-state index in [4.69, 9.17) is 10.5 Å². The van der Waals surface area contributed by atoms with Crippen molar-refractivity contribution in [2.24, 2.45) is 17.1 Å². The number of nitrogens with zero attached hydrogens (tertiary/aromatic N) is 2. The first-order valence-corrected chi connectivity index (χ1v) is 7.43. The molecule has 2 fully saturated rings. The van der Waals surface area contributed by atoms with Gasteiger partial charge in [-0.3, -0.25) is 4.79 Å². The zero-order valence-electron chi connectivity index (χ0n) is 12.4. The summed E-state index contributed by atoms with van der Waals surface area (Å²) in [5.41, 5.74) is 5.48. The molecule has 2 N–H and O–H groups in total. The summed E-state index contributed by atoms with van der Waals surface area (Å²) in [5.74, 6) is 0.755. The molecule has 1 saturated heterocycles. The Kier molecular flexibility index (Phi) is 4.52. The van der Waals surface area contributed by atoms with Gasteiger partial charge in [0.1, 0.15) is 0 Å². The van der Waals surface area contributed by atoms with Crippen LogP contribution in [0, 0.1) is 11.3 Å². The largest absolute Gasteiger partial charge is 0.450 e. The van der Waals surface area contributed by atoms with Crippen LogP contribution in [0.1, 0.15) is 26.7 Å². The fraction of sp³-hybridized carbons (Fsp3) is 0.857. The molecule has 0 bridgehead atoms. The minimum Gasteiger partial charge on any atom is -0.450 e. The Bertz CT molecular complexity index is 372. The molecule has 1 saturated carbocycles. The number of hydrogen-bond acceptors (Lipinski definition) is 4.